The molecule has 2 heterocycles. The zero-order chi connectivity index (χ0) is 18.1. The molecule has 2 saturated carbocycles. The first-order valence-electron chi connectivity index (χ1n) is 7.70. The quantitative estimate of drug-likeness (QED) is 0.354. The summed E-state index contributed by atoms with van der Waals surface area (Å²) in [5, 5.41) is 21.0. The highest BCUT2D eigenvalue weighted by Crippen LogP contribution is 2.70. The fraction of sp³-hybridized carbons (Fsp3) is 0.615. The molecule has 2 aromatic rings. The van der Waals surface area contributed by atoms with Gasteiger partial charge in [-0.25, -0.2) is 4.98 Å². The van der Waals surface area contributed by atoms with Crippen LogP contribution in [-0.4, -0.2) is 57.9 Å². The lowest BCUT2D eigenvalue weighted by atomic mass is 9.96. The molecule has 0 radical (unpaired) electrons. The van der Waals surface area contributed by atoms with Crippen LogP contribution in [0.4, 0.5) is 5.82 Å². The van der Waals surface area contributed by atoms with Crippen molar-refractivity contribution in [3.8, 4) is 0 Å². The summed E-state index contributed by atoms with van der Waals surface area (Å²) in [5.41, 5.74) is 5.78. The summed E-state index contributed by atoms with van der Waals surface area (Å²) in [5.74, 6) is -0.0261. The smallest absolute Gasteiger partial charge is 0.325 e. The van der Waals surface area contributed by atoms with Gasteiger partial charge in [0, 0.05) is 5.41 Å². The normalized spacial score (nSPS) is 34.4. The van der Waals surface area contributed by atoms with E-state index in [9.17, 15) is 14.8 Å². The van der Waals surface area contributed by atoms with Crippen molar-refractivity contribution in [1.82, 2.24) is 19.5 Å². The first-order chi connectivity index (χ1) is 11.6. The lowest BCUT2D eigenvalue weighted by Gasteiger charge is -2.24. The van der Waals surface area contributed by atoms with Crippen molar-refractivity contribution in [2.75, 3.05) is 11.9 Å². The zero-order valence-electron chi connectivity index (χ0n) is 12.9. The molecule has 1 unspecified atom stereocenters. The molecule has 25 heavy (non-hydrogen) atoms. The SMILES string of the molecule is Nc1nc(Cl)nc2c1ncn2[C@H]1[C@H](O)[C@H](O)C2(CCP(=O)(O)O)C[C@H]12. The highest BCUT2D eigenvalue weighted by Gasteiger charge is 2.71. The van der Waals surface area contributed by atoms with E-state index in [1.54, 1.807) is 4.57 Å². The minimum atomic E-state index is -4.18. The number of aliphatic hydroxyl groups excluding tert-OH is 2. The maximum atomic E-state index is 11.2. The van der Waals surface area contributed by atoms with Gasteiger partial charge in [0.15, 0.2) is 11.5 Å². The number of aromatic nitrogens is 4. The number of hydrogen-bond acceptors (Lipinski definition) is 7. The number of aliphatic hydroxyl groups is 2. The van der Waals surface area contributed by atoms with Crippen molar-refractivity contribution in [2.45, 2.75) is 31.1 Å². The van der Waals surface area contributed by atoms with Gasteiger partial charge in [-0.15, -0.1) is 0 Å². The van der Waals surface area contributed by atoms with E-state index < -0.39 is 31.3 Å². The second-order valence-corrected chi connectivity index (χ2v) is 8.92. The van der Waals surface area contributed by atoms with Crippen LogP contribution >= 0.6 is 19.2 Å². The van der Waals surface area contributed by atoms with Crippen molar-refractivity contribution in [3.63, 3.8) is 0 Å². The number of rotatable bonds is 4. The largest absolute Gasteiger partial charge is 0.390 e. The number of nitrogens with zero attached hydrogens (tertiary/aromatic N) is 4. The highest BCUT2D eigenvalue weighted by atomic mass is 35.5. The summed E-state index contributed by atoms with van der Waals surface area (Å²) >= 11 is 5.86. The second-order valence-electron chi connectivity index (χ2n) is 6.81. The molecule has 0 bridgehead atoms. The van der Waals surface area contributed by atoms with Crippen LogP contribution in [0.5, 0.6) is 0 Å². The molecule has 136 valence electrons. The topological polar surface area (TPSA) is 168 Å². The van der Waals surface area contributed by atoms with Crippen molar-refractivity contribution >= 4 is 36.2 Å². The molecule has 0 amide bonds. The van der Waals surface area contributed by atoms with E-state index in [0.29, 0.717) is 17.6 Å². The average molecular weight is 390 g/mol. The van der Waals surface area contributed by atoms with Gasteiger partial charge in [0.1, 0.15) is 11.6 Å². The molecule has 0 aromatic carbocycles. The molecule has 4 rings (SSSR count). The third-order valence-electron chi connectivity index (χ3n) is 5.46. The predicted octanol–water partition coefficient (Wildman–Crippen LogP) is -0.0875. The zero-order valence-corrected chi connectivity index (χ0v) is 14.5. The summed E-state index contributed by atoms with van der Waals surface area (Å²) < 4.78 is 12.8. The molecule has 2 aliphatic rings. The highest BCUT2D eigenvalue weighted by molar-refractivity contribution is 7.51. The van der Waals surface area contributed by atoms with E-state index in [1.807, 2.05) is 0 Å². The molecular formula is C13H17ClN5O5P. The first-order valence-corrected chi connectivity index (χ1v) is 9.88. The fourth-order valence-corrected chi connectivity index (χ4v) is 5.07. The Kier molecular flexibility index (Phi) is 3.67. The molecule has 0 spiro atoms. The van der Waals surface area contributed by atoms with E-state index in [4.69, 9.17) is 27.1 Å². The minimum absolute atomic E-state index is 0.0525. The van der Waals surface area contributed by atoms with E-state index >= 15 is 0 Å². The minimum Gasteiger partial charge on any atom is -0.390 e. The average Bonchev–Trinajstić information content (AvgIpc) is 3.01. The van der Waals surface area contributed by atoms with Crippen LogP contribution in [-0.2, 0) is 4.57 Å². The molecule has 6 N–H and O–H groups in total. The summed E-state index contributed by atoms with van der Waals surface area (Å²) in [6.45, 7) is 0. The van der Waals surface area contributed by atoms with Gasteiger partial charge >= 0.3 is 7.60 Å². The van der Waals surface area contributed by atoms with Crippen LogP contribution in [0.15, 0.2) is 6.33 Å². The number of fused-ring (bicyclic) bond motifs is 2. The summed E-state index contributed by atoms with van der Waals surface area (Å²) in [6, 6.07) is -0.526. The number of nitrogens with two attached hydrogens (primary N) is 1. The maximum absolute atomic E-state index is 11.2. The van der Waals surface area contributed by atoms with Crippen LogP contribution in [0.3, 0.4) is 0 Å². The Morgan fingerprint density at radius 2 is 2.12 bits per heavy atom. The van der Waals surface area contributed by atoms with Gasteiger partial charge in [0.2, 0.25) is 5.28 Å². The third kappa shape index (κ3) is 2.56. The van der Waals surface area contributed by atoms with Crippen molar-refractivity contribution in [1.29, 1.82) is 0 Å². The Balaban J connectivity index is 1.70. The van der Waals surface area contributed by atoms with Crippen LogP contribution in [0.25, 0.3) is 11.2 Å². The number of nitrogen functional groups attached to an aromatic ring is 1. The van der Waals surface area contributed by atoms with Crippen LogP contribution < -0.4 is 5.73 Å². The Morgan fingerprint density at radius 1 is 1.40 bits per heavy atom. The Labute approximate surface area is 146 Å². The van der Waals surface area contributed by atoms with Gasteiger partial charge in [-0.05, 0) is 30.4 Å². The van der Waals surface area contributed by atoms with Gasteiger partial charge in [-0.1, -0.05) is 0 Å². The summed E-state index contributed by atoms with van der Waals surface area (Å²) in [4.78, 5) is 30.4. The van der Waals surface area contributed by atoms with Crippen LogP contribution in [0.2, 0.25) is 5.28 Å². The van der Waals surface area contributed by atoms with Gasteiger partial charge < -0.3 is 30.3 Å². The van der Waals surface area contributed by atoms with Gasteiger partial charge in [0.25, 0.3) is 0 Å². The first kappa shape index (κ1) is 17.1. The summed E-state index contributed by atoms with van der Waals surface area (Å²) in [6.07, 6.45) is -0.357. The van der Waals surface area contributed by atoms with Crippen molar-refractivity contribution < 1.29 is 24.6 Å². The maximum Gasteiger partial charge on any atom is 0.325 e. The Hall–Kier alpha value is -1.29. The lowest BCUT2D eigenvalue weighted by Crippen LogP contribution is -2.34. The molecule has 10 nitrogen and oxygen atoms in total. The molecule has 2 aromatic heterocycles. The van der Waals surface area contributed by atoms with Crippen LogP contribution in [0.1, 0.15) is 18.9 Å². The molecule has 12 heteroatoms. The summed E-state index contributed by atoms with van der Waals surface area (Å²) in [7, 11) is -4.18. The van der Waals surface area contributed by atoms with Crippen molar-refractivity contribution in [2.24, 2.45) is 11.3 Å². The lowest BCUT2D eigenvalue weighted by molar-refractivity contribution is -0.0183. The molecule has 0 saturated heterocycles. The Bertz CT molecular complexity index is 902. The van der Waals surface area contributed by atoms with Gasteiger partial charge in [-0.2, -0.15) is 9.97 Å². The molecule has 0 aliphatic heterocycles. The van der Waals surface area contributed by atoms with Crippen molar-refractivity contribution in [3.05, 3.63) is 11.6 Å². The second kappa shape index (κ2) is 5.35. The van der Waals surface area contributed by atoms with E-state index in [1.165, 1.54) is 6.33 Å². The standard InChI is InChI=1S/C13H17ClN5O5P/c14-12-17-10(15)6-11(18-12)19(4-16-6)7-5-3-13(5,9(21)8(7)20)1-2-25(22,23)24/h4-5,7-9,20-21H,1-3H2,(H2,15,17,18)(H2,22,23,24)/t5-,7-,8+,9+,13?/m1/s1. The number of halogens is 1. The monoisotopic (exact) mass is 389 g/mol. The predicted molar refractivity (Wildman–Crippen MR) is 87.9 cm³/mol. The number of hydrogen-bond donors (Lipinski definition) is 5. The number of anilines is 1. The van der Waals surface area contributed by atoms with Gasteiger partial charge in [0.05, 0.1) is 24.6 Å². The van der Waals surface area contributed by atoms with E-state index in [2.05, 4.69) is 15.0 Å². The third-order valence-corrected chi connectivity index (χ3v) is 6.44. The Morgan fingerprint density at radius 3 is 2.80 bits per heavy atom. The molecule has 2 fully saturated rings. The molecular weight excluding hydrogens is 373 g/mol. The molecule has 5 atom stereocenters. The number of imidazole rings is 1. The van der Waals surface area contributed by atoms with E-state index in [0.717, 1.165) is 0 Å². The fourth-order valence-electron chi connectivity index (χ4n) is 4.19. The molecule has 2 aliphatic carbocycles. The van der Waals surface area contributed by atoms with E-state index in [-0.39, 0.29) is 29.6 Å². The van der Waals surface area contributed by atoms with Gasteiger partial charge in [-0.3, -0.25) is 4.57 Å². The van der Waals surface area contributed by atoms with Crippen LogP contribution in [0, 0.1) is 11.3 Å².